The predicted molar refractivity (Wildman–Crippen MR) is 161 cm³/mol. The molecule has 2 aliphatic heterocycles. The first kappa shape index (κ1) is 26.3. The molecule has 4 atom stereocenters. The minimum Gasteiger partial charge on any atom is -0.481 e. The van der Waals surface area contributed by atoms with E-state index in [1.54, 1.807) is 53.2 Å². The van der Waals surface area contributed by atoms with Crippen LogP contribution in [0.3, 0.4) is 0 Å². The van der Waals surface area contributed by atoms with Gasteiger partial charge in [0.05, 0.1) is 54.2 Å². The van der Waals surface area contributed by atoms with Gasteiger partial charge in [0.1, 0.15) is 11.9 Å². The van der Waals surface area contributed by atoms with E-state index in [9.17, 15) is 10.1 Å². The van der Waals surface area contributed by atoms with Gasteiger partial charge >= 0.3 is 0 Å². The van der Waals surface area contributed by atoms with Crippen LogP contribution in [0.1, 0.15) is 48.0 Å². The molecule has 44 heavy (non-hydrogen) atoms. The molecule has 9 rings (SSSR count). The lowest BCUT2D eigenvalue weighted by Gasteiger charge is -2.62. The van der Waals surface area contributed by atoms with E-state index in [4.69, 9.17) is 14.7 Å². The molecule has 5 aromatic heterocycles. The number of ether oxygens (including phenoxy) is 1. The van der Waals surface area contributed by atoms with Crippen LogP contribution >= 0.6 is 0 Å². The highest BCUT2D eigenvalue weighted by Gasteiger charge is 2.55. The topological polar surface area (TPSA) is 139 Å². The molecule has 12 heteroatoms. The Kier molecular flexibility index (Phi) is 5.91. The van der Waals surface area contributed by atoms with Crippen molar-refractivity contribution in [2.45, 2.75) is 49.7 Å². The van der Waals surface area contributed by atoms with Gasteiger partial charge in [0, 0.05) is 66.0 Å². The standard InChI is InChI=1S/C32H30N10O2/c1-40-17-23(14-37-40)21-7-26(30-22(11-33)13-38-41(30)18-21)27-15-35-28(16-34-27)42-24-5-19-6-25(42)10-32(8-19,9-24)39-31(43)20-3-4-29(44-2)36-12-20/h3-4,7,12-19,24-25H,5-6,8-10H2,1-2H3,(H,39,43)/t19?,24-,25+,32?. The molecule has 0 spiro atoms. The van der Waals surface area contributed by atoms with Crippen LogP contribution in [-0.2, 0) is 7.05 Å². The van der Waals surface area contributed by atoms with E-state index in [0.717, 1.165) is 54.6 Å². The fourth-order valence-electron chi connectivity index (χ4n) is 7.82. The number of aryl methyl sites for hydroxylation is 1. The molecule has 4 bridgehead atoms. The van der Waals surface area contributed by atoms with Crippen LogP contribution in [0.5, 0.6) is 5.88 Å². The van der Waals surface area contributed by atoms with Crippen molar-refractivity contribution in [3.63, 3.8) is 0 Å². The van der Waals surface area contributed by atoms with Gasteiger partial charge in [-0.3, -0.25) is 14.5 Å². The van der Waals surface area contributed by atoms with Gasteiger partial charge in [-0.15, -0.1) is 0 Å². The molecular formula is C32H30N10O2. The van der Waals surface area contributed by atoms with Gasteiger partial charge < -0.3 is 15.0 Å². The van der Waals surface area contributed by atoms with Gasteiger partial charge in [0.25, 0.3) is 5.91 Å². The summed E-state index contributed by atoms with van der Waals surface area (Å²) in [5.41, 5.74) is 4.80. The van der Waals surface area contributed by atoms with Crippen LogP contribution in [0.2, 0.25) is 0 Å². The minimum atomic E-state index is -0.231. The first-order chi connectivity index (χ1) is 21.4. The number of nitrogens with one attached hydrogen (secondary N) is 1. The normalized spacial score (nSPS) is 23.6. The maximum Gasteiger partial charge on any atom is 0.253 e. The van der Waals surface area contributed by atoms with Gasteiger partial charge in [-0.25, -0.2) is 14.5 Å². The second kappa shape index (κ2) is 9.87. The lowest BCUT2D eigenvalue weighted by atomic mass is 9.59. The Hall–Kier alpha value is -5.31. The van der Waals surface area contributed by atoms with Crippen LogP contribution in [0, 0.1) is 17.2 Å². The number of carbonyl (C=O) groups excluding carboxylic acids is 1. The summed E-state index contributed by atoms with van der Waals surface area (Å²) in [6, 6.07) is 8.30. The van der Waals surface area contributed by atoms with Crippen molar-refractivity contribution in [1.29, 1.82) is 5.26 Å². The Morgan fingerprint density at radius 2 is 1.84 bits per heavy atom. The molecule has 4 fully saturated rings. The molecule has 2 saturated carbocycles. The number of amides is 1. The van der Waals surface area contributed by atoms with Crippen molar-refractivity contribution in [2.24, 2.45) is 13.0 Å². The number of nitrogens with zero attached hydrogens (tertiary/aromatic N) is 9. The second-order valence-electron chi connectivity index (χ2n) is 12.3. The van der Waals surface area contributed by atoms with Crippen molar-refractivity contribution in [3.8, 4) is 34.3 Å². The summed E-state index contributed by atoms with van der Waals surface area (Å²) in [4.78, 5) is 29.7. The third-order valence-electron chi connectivity index (χ3n) is 9.47. The highest BCUT2D eigenvalue weighted by molar-refractivity contribution is 5.94. The average molecular weight is 587 g/mol. The Morgan fingerprint density at radius 1 is 1.00 bits per heavy atom. The number of fused-ring (bicyclic) bond motifs is 1. The van der Waals surface area contributed by atoms with E-state index in [-0.39, 0.29) is 23.5 Å². The van der Waals surface area contributed by atoms with Crippen molar-refractivity contribution >= 4 is 17.2 Å². The third-order valence-corrected chi connectivity index (χ3v) is 9.47. The summed E-state index contributed by atoms with van der Waals surface area (Å²) in [5, 5.41) is 21.9. The molecule has 5 aromatic rings. The van der Waals surface area contributed by atoms with Crippen molar-refractivity contribution in [3.05, 3.63) is 72.7 Å². The summed E-state index contributed by atoms with van der Waals surface area (Å²) in [6.07, 6.45) is 17.3. The molecule has 7 heterocycles. The number of carbonyl (C=O) groups is 1. The molecule has 220 valence electrons. The third kappa shape index (κ3) is 4.26. The number of aromatic nitrogens is 7. The molecule has 0 radical (unpaired) electrons. The van der Waals surface area contributed by atoms with E-state index in [2.05, 4.69) is 31.5 Å². The summed E-state index contributed by atoms with van der Waals surface area (Å²) >= 11 is 0. The lowest BCUT2D eigenvalue weighted by Crippen LogP contribution is -2.69. The summed E-state index contributed by atoms with van der Waals surface area (Å²) in [5.74, 6) is 1.81. The summed E-state index contributed by atoms with van der Waals surface area (Å²) < 4.78 is 8.62. The predicted octanol–water partition coefficient (Wildman–Crippen LogP) is 3.79. The van der Waals surface area contributed by atoms with E-state index in [1.807, 2.05) is 31.7 Å². The van der Waals surface area contributed by atoms with Crippen LogP contribution in [0.25, 0.3) is 27.9 Å². The van der Waals surface area contributed by atoms with Gasteiger partial charge in [0.2, 0.25) is 5.88 Å². The molecule has 2 unspecified atom stereocenters. The summed E-state index contributed by atoms with van der Waals surface area (Å²) in [7, 11) is 3.44. The van der Waals surface area contributed by atoms with E-state index in [0.29, 0.717) is 34.1 Å². The zero-order valence-electron chi connectivity index (χ0n) is 24.4. The molecule has 12 nitrogen and oxygen atoms in total. The summed E-state index contributed by atoms with van der Waals surface area (Å²) in [6.45, 7) is 0. The Balaban J connectivity index is 1.07. The molecule has 1 amide bonds. The number of pyridine rings is 2. The Bertz CT molecular complexity index is 1920. The number of piperidine rings is 2. The number of anilines is 1. The largest absolute Gasteiger partial charge is 0.481 e. The number of hydrogen-bond donors (Lipinski definition) is 1. The first-order valence-corrected chi connectivity index (χ1v) is 14.8. The number of hydrogen-bond acceptors (Lipinski definition) is 9. The van der Waals surface area contributed by atoms with E-state index >= 15 is 0 Å². The SMILES string of the molecule is COc1ccc(C(=O)NC23CC4C[C@H](C2)N(c2cnc(-c5cc(-c6cnn(C)c6)cn6ncc(C#N)c56)cn2)[C@@H](C4)C3)cn1. The molecule has 4 aliphatic rings. The van der Waals surface area contributed by atoms with Gasteiger partial charge in [-0.2, -0.15) is 15.5 Å². The average Bonchev–Trinajstić information content (AvgIpc) is 3.66. The molecular weight excluding hydrogens is 556 g/mol. The van der Waals surface area contributed by atoms with Crippen molar-refractivity contribution < 1.29 is 9.53 Å². The van der Waals surface area contributed by atoms with E-state index < -0.39 is 0 Å². The zero-order valence-corrected chi connectivity index (χ0v) is 24.4. The Labute approximate surface area is 253 Å². The number of rotatable bonds is 6. The fourth-order valence-corrected chi connectivity index (χ4v) is 7.82. The van der Waals surface area contributed by atoms with E-state index in [1.165, 1.54) is 0 Å². The monoisotopic (exact) mass is 586 g/mol. The fraction of sp³-hybridized carbons (Fsp3) is 0.344. The van der Waals surface area contributed by atoms with Crippen LogP contribution in [-0.4, -0.2) is 65.0 Å². The van der Waals surface area contributed by atoms with Crippen LogP contribution < -0.4 is 15.0 Å². The highest BCUT2D eigenvalue weighted by atomic mass is 16.5. The van der Waals surface area contributed by atoms with Crippen molar-refractivity contribution in [2.75, 3.05) is 12.0 Å². The minimum absolute atomic E-state index is 0.0887. The van der Waals surface area contributed by atoms with Gasteiger partial charge in [-0.05, 0) is 50.2 Å². The maximum atomic E-state index is 13.2. The number of methoxy groups -OCH3 is 1. The smallest absolute Gasteiger partial charge is 0.253 e. The molecule has 2 aliphatic carbocycles. The quantitative estimate of drug-likeness (QED) is 0.315. The van der Waals surface area contributed by atoms with Gasteiger partial charge in [-0.1, -0.05) is 0 Å². The van der Waals surface area contributed by atoms with Gasteiger partial charge in [0.15, 0.2) is 0 Å². The molecule has 2 saturated heterocycles. The first-order valence-electron chi connectivity index (χ1n) is 14.8. The molecule has 1 N–H and O–H groups in total. The second-order valence-corrected chi connectivity index (χ2v) is 12.3. The molecule has 0 aromatic carbocycles. The zero-order chi connectivity index (χ0) is 30.0. The Morgan fingerprint density at radius 3 is 2.50 bits per heavy atom. The van der Waals surface area contributed by atoms with Crippen molar-refractivity contribution in [1.82, 2.24) is 39.7 Å². The lowest BCUT2D eigenvalue weighted by molar-refractivity contribution is 0.0358. The highest BCUT2D eigenvalue weighted by Crippen LogP contribution is 2.52. The number of nitriles is 1. The maximum absolute atomic E-state index is 13.2. The van der Waals surface area contributed by atoms with Crippen LogP contribution in [0.4, 0.5) is 5.82 Å². The van der Waals surface area contributed by atoms with Crippen LogP contribution in [0.15, 0.2) is 61.6 Å².